The van der Waals surface area contributed by atoms with Gasteiger partial charge in [-0.05, 0) is 38.1 Å². The summed E-state index contributed by atoms with van der Waals surface area (Å²) in [5, 5.41) is 2.08. The maximum Gasteiger partial charge on any atom is 0.281 e. The number of fused-ring (bicyclic) bond motifs is 1. The summed E-state index contributed by atoms with van der Waals surface area (Å²) < 4.78 is 5.35. The first kappa shape index (κ1) is 20.5. The second-order valence-electron chi connectivity index (χ2n) is 6.88. The van der Waals surface area contributed by atoms with E-state index in [2.05, 4.69) is 25.7 Å². The normalized spacial score (nSPS) is 14.0. The molecule has 1 fully saturated rings. The summed E-state index contributed by atoms with van der Waals surface area (Å²) in [6.45, 7) is 6.28. The molecule has 4 rings (SSSR count). The fraction of sp³-hybridized carbons (Fsp3) is 0.300. The molecule has 10 heteroatoms. The lowest BCUT2D eigenvalue weighted by atomic mass is 10.1. The van der Waals surface area contributed by atoms with Crippen LogP contribution in [-0.2, 0) is 4.74 Å². The van der Waals surface area contributed by atoms with E-state index < -0.39 is 11.8 Å². The molecule has 0 aliphatic carbocycles. The summed E-state index contributed by atoms with van der Waals surface area (Å²) in [6, 6.07) is 7.00. The maximum atomic E-state index is 12.6. The van der Waals surface area contributed by atoms with Crippen molar-refractivity contribution in [1.82, 2.24) is 20.8 Å². The van der Waals surface area contributed by atoms with Crippen molar-refractivity contribution in [3.8, 4) is 0 Å². The number of nitrogens with zero attached hydrogens (tertiary/aromatic N) is 3. The summed E-state index contributed by atoms with van der Waals surface area (Å²) in [6.07, 6.45) is 0. The van der Waals surface area contributed by atoms with Crippen molar-refractivity contribution in [3.63, 3.8) is 0 Å². The molecule has 8 nitrogen and oxygen atoms in total. The zero-order valence-electron chi connectivity index (χ0n) is 16.5. The van der Waals surface area contributed by atoms with Gasteiger partial charge in [0.05, 0.1) is 35.7 Å². The molecule has 1 aliphatic heterocycles. The molecular formula is C20H20ClN5O3S. The summed E-state index contributed by atoms with van der Waals surface area (Å²) in [5.41, 5.74) is 7.22. The number of aryl methyl sites for hydroxylation is 2. The SMILES string of the molecule is Cc1nc2ccc(Cl)cc2cc1C(=O)NNC(=O)c1sc(N2CCOCC2)nc1C. The van der Waals surface area contributed by atoms with Gasteiger partial charge in [-0.15, -0.1) is 0 Å². The molecule has 2 amide bonds. The van der Waals surface area contributed by atoms with E-state index in [0.717, 1.165) is 29.1 Å². The third-order valence-electron chi connectivity index (χ3n) is 4.77. The predicted octanol–water partition coefficient (Wildman–Crippen LogP) is 2.87. The van der Waals surface area contributed by atoms with Gasteiger partial charge in [-0.25, -0.2) is 4.98 Å². The minimum atomic E-state index is -0.453. The van der Waals surface area contributed by atoms with E-state index >= 15 is 0 Å². The van der Waals surface area contributed by atoms with Crippen molar-refractivity contribution in [2.75, 3.05) is 31.2 Å². The lowest BCUT2D eigenvalue weighted by Crippen LogP contribution is -2.41. The lowest BCUT2D eigenvalue weighted by Gasteiger charge is -2.25. The van der Waals surface area contributed by atoms with Gasteiger partial charge in [-0.1, -0.05) is 22.9 Å². The minimum absolute atomic E-state index is 0.361. The third-order valence-corrected chi connectivity index (χ3v) is 6.23. The van der Waals surface area contributed by atoms with E-state index in [1.54, 1.807) is 38.1 Å². The second-order valence-corrected chi connectivity index (χ2v) is 8.29. The van der Waals surface area contributed by atoms with Crippen molar-refractivity contribution in [1.29, 1.82) is 0 Å². The van der Waals surface area contributed by atoms with Crippen LogP contribution in [0.5, 0.6) is 0 Å². The first-order chi connectivity index (χ1) is 14.4. The highest BCUT2D eigenvalue weighted by atomic mass is 35.5. The van der Waals surface area contributed by atoms with Crippen LogP contribution in [0.3, 0.4) is 0 Å². The van der Waals surface area contributed by atoms with Gasteiger partial charge in [0.25, 0.3) is 11.8 Å². The number of halogens is 1. The van der Waals surface area contributed by atoms with E-state index in [1.807, 2.05) is 0 Å². The van der Waals surface area contributed by atoms with Crippen molar-refractivity contribution in [2.24, 2.45) is 0 Å². The highest BCUT2D eigenvalue weighted by Crippen LogP contribution is 2.26. The van der Waals surface area contributed by atoms with Crippen LogP contribution in [0, 0.1) is 13.8 Å². The summed E-state index contributed by atoms with van der Waals surface area (Å²) in [7, 11) is 0. The average Bonchev–Trinajstić information content (AvgIpc) is 3.14. The molecule has 0 radical (unpaired) electrons. The number of benzene rings is 1. The molecule has 3 heterocycles. The number of hydrogen-bond acceptors (Lipinski definition) is 7. The number of aromatic nitrogens is 2. The van der Waals surface area contributed by atoms with E-state index in [1.165, 1.54) is 11.3 Å². The van der Waals surface area contributed by atoms with Crippen molar-refractivity contribution < 1.29 is 14.3 Å². The van der Waals surface area contributed by atoms with Crippen molar-refractivity contribution >= 4 is 50.8 Å². The molecule has 2 aromatic heterocycles. The molecule has 1 aliphatic rings. The molecule has 0 atom stereocenters. The Morgan fingerprint density at radius 3 is 2.57 bits per heavy atom. The maximum absolute atomic E-state index is 12.6. The monoisotopic (exact) mass is 445 g/mol. The van der Waals surface area contributed by atoms with Crippen LogP contribution in [-0.4, -0.2) is 48.1 Å². The molecule has 0 spiro atoms. The number of thiazole rings is 1. The fourth-order valence-electron chi connectivity index (χ4n) is 3.19. The van der Waals surface area contributed by atoms with Gasteiger partial charge in [0.2, 0.25) is 0 Å². The Kier molecular flexibility index (Phi) is 5.85. The standard InChI is InChI=1S/C20H20ClN5O3S/c1-11-15(10-13-9-14(21)3-4-16(13)22-11)18(27)24-25-19(28)17-12(2)23-20(30-17)26-5-7-29-8-6-26/h3-4,9-10H,5-8H2,1-2H3,(H,24,27)(H,25,28). The molecule has 1 aromatic carbocycles. The molecule has 0 unspecified atom stereocenters. The molecule has 0 bridgehead atoms. The number of rotatable bonds is 3. The van der Waals surface area contributed by atoms with Crippen LogP contribution in [0.15, 0.2) is 24.3 Å². The highest BCUT2D eigenvalue weighted by Gasteiger charge is 2.21. The van der Waals surface area contributed by atoms with Crippen LogP contribution in [0.4, 0.5) is 5.13 Å². The number of morpholine rings is 1. The summed E-state index contributed by atoms with van der Waals surface area (Å²) in [4.78, 5) is 36.7. The Bertz CT molecular complexity index is 1130. The molecular weight excluding hydrogens is 426 g/mol. The Morgan fingerprint density at radius 2 is 1.80 bits per heavy atom. The third kappa shape index (κ3) is 4.23. The van der Waals surface area contributed by atoms with Crippen LogP contribution in [0.1, 0.15) is 31.4 Å². The average molecular weight is 446 g/mol. The van der Waals surface area contributed by atoms with E-state index in [-0.39, 0.29) is 0 Å². The Morgan fingerprint density at radius 1 is 1.07 bits per heavy atom. The highest BCUT2D eigenvalue weighted by molar-refractivity contribution is 7.17. The Balaban J connectivity index is 1.46. The molecule has 1 saturated heterocycles. The van der Waals surface area contributed by atoms with Gasteiger partial charge in [0, 0.05) is 23.5 Å². The lowest BCUT2D eigenvalue weighted by molar-refractivity contribution is 0.0848. The number of anilines is 1. The number of hydrazine groups is 1. The molecule has 3 aromatic rings. The van der Waals surface area contributed by atoms with Crippen LogP contribution < -0.4 is 15.8 Å². The number of carbonyl (C=O) groups excluding carboxylic acids is 2. The second kappa shape index (κ2) is 8.55. The fourth-order valence-corrected chi connectivity index (χ4v) is 4.39. The largest absolute Gasteiger partial charge is 0.378 e. The number of carbonyl (C=O) groups is 2. The smallest absolute Gasteiger partial charge is 0.281 e. The van der Waals surface area contributed by atoms with Gasteiger partial charge in [0.1, 0.15) is 4.88 Å². The number of hydrogen-bond donors (Lipinski definition) is 2. The minimum Gasteiger partial charge on any atom is -0.378 e. The predicted molar refractivity (Wildman–Crippen MR) is 116 cm³/mol. The first-order valence-electron chi connectivity index (χ1n) is 9.40. The number of amides is 2. The Hall–Kier alpha value is -2.75. The van der Waals surface area contributed by atoms with Crippen molar-refractivity contribution in [2.45, 2.75) is 13.8 Å². The van der Waals surface area contributed by atoms with Gasteiger partial charge in [0.15, 0.2) is 5.13 Å². The van der Waals surface area contributed by atoms with E-state index in [0.29, 0.717) is 40.1 Å². The van der Waals surface area contributed by atoms with Gasteiger partial charge in [-0.2, -0.15) is 0 Å². The van der Waals surface area contributed by atoms with Crippen LogP contribution in [0.25, 0.3) is 10.9 Å². The molecule has 0 saturated carbocycles. The summed E-state index contributed by atoms with van der Waals surface area (Å²) >= 11 is 7.33. The van der Waals surface area contributed by atoms with Gasteiger partial charge >= 0.3 is 0 Å². The van der Waals surface area contributed by atoms with E-state index in [4.69, 9.17) is 16.3 Å². The van der Waals surface area contributed by atoms with Gasteiger partial charge < -0.3 is 9.64 Å². The number of pyridine rings is 1. The first-order valence-corrected chi connectivity index (χ1v) is 10.6. The quantitative estimate of drug-likeness (QED) is 0.602. The number of ether oxygens (including phenoxy) is 1. The molecule has 30 heavy (non-hydrogen) atoms. The van der Waals surface area contributed by atoms with E-state index in [9.17, 15) is 9.59 Å². The Labute approximate surface area is 182 Å². The summed E-state index contributed by atoms with van der Waals surface area (Å²) in [5.74, 6) is -0.863. The van der Waals surface area contributed by atoms with Crippen molar-refractivity contribution in [3.05, 3.63) is 51.1 Å². The molecule has 156 valence electrons. The topological polar surface area (TPSA) is 96.5 Å². The van der Waals surface area contributed by atoms with Crippen LogP contribution >= 0.6 is 22.9 Å². The number of nitrogens with one attached hydrogen (secondary N) is 2. The van der Waals surface area contributed by atoms with Crippen LogP contribution in [0.2, 0.25) is 5.02 Å². The zero-order chi connectivity index (χ0) is 21.3. The zero-order valence-corrected chi connectivity index (χ0v) is 18.1. The molecule has 2 N–H and O–H groups in total. The van der Waals surface area contributed by atoms with Gasteiger partial charge in [-0.3, -0.25) is 25.4 Å².